The smallest absolute Gasteiger partial charge is 0.330 e. The first-order valence-electron chi connectivity index (χ1n) is 16.0. The van der Waals surface area contributed by atoms with Gasteiger partial charge in [0.25, 0.3) is 5.56 Å². The number of rotatable bonds is 11. The van der Waals surface area contributed by atoms with Gasteiger partial charge in [-0.05, 0) is 66.0 Å². The Bertz CT molecular complexity index is 1740. The summed E-state index contributed by atoms with van der Waals surface area (Å²) in [7, 11) is 0.648. The minimum Gasteiger partial charge on any atom is -0.497 e. The van der Waals surface area contributed by atoms with Gasteiger partial charge in [-0.15, -0.1) is 0 Å². The van der Waals surface area contributed by atoms with Crippen LogP contribution in [0.1, 0.15) is 50.6 Å². The van der Waals surface area contributed by atoms with Crippen LogP contribution in [0.15, 0.2) is 101 Å². The summed E-state index contributed by atoms with van der Waals surface area (Å²) in [6.45, 7) is 12.2. The number of halogens is 1. The number of H-pyrrole nitrogens is 1. The Morgan fingerprint density at radius 1 is 0.833 bits per heavy atom. The van der Waals surface area contributed by atoms with E-state index in [0.717, 1.165) is 21.3 Å². The van der Waals surface area contributed by atoms with Crippen molar-refractivity contribution < 1.29 is 27.8 Å². The van der Waals surface area contributed by atoms with Crippen molar-refractivity contribution in [1.29, 1.82) is 0 Å². The van der Waals surface area contributed by atoms with Gasteiger partial charge in [0.2, 0.25) is 0 Å². The van der Waals surface area contributed by atoms with Crippen LogP contribution in [0.2, 0.25) is 18.1 Å². The van der Waals surface area contributed by atoms with Crippen LogP contribution in [0.25, 0.3) is 0 Å². The van der Waals surface area contributed by atoms with Crippen molar-refractivity contribution >= 4 is 8.32 Å². The number of nitrogens with one attached hydrogen (secondary N) is 1. The molecule has 5 rings (SSSR count). The zero-order valence-electron chi connectivity index (χ0n) is 28.7. The summed E-state index contributed by atoms with van der Waals surface area (Å²) in [4.78, 5) is 26.9. The highest BCUT2D eigenvalue weighted by atomic mass is 28.4. The molecule has 0 radical (unpaired) electrons. The van der Waals surface area contributed by atoms with Crippen LogP contribution in [0, 0.1) is 0 Å². The highest BCUT2D eigenvalue weighted by molar-refractivity contribution is 6.74. The largest absolute Gasteiger partial charge is 0.497 e. The third-order valence-electron chi connectivity index (χ3n) is 9.57. The number of benzene rings is 3. The summed E-state index contributed by atoms with van der Waals surface area (Å²) in [6, 6.07) is 26.2. The van der Waals surface area contributed by atoms with Crippen LogP contribution in [0.5, 0.6) is 11.5 Å². The van der Waals surface area contributed by atoms with E-state index in [2.05, 4.69) is 25.8 Å². The van der Waals surface area contributed by atoms with Crippen molar-refractivity contribution in [3.8, 4) is 11.5 Å². The highest BCUT2D eigenvalue weighted by Gasteiger charge is 2.54. The van der Waals surface area contributed by atoms with Crippen molar-refractivity contribution in [3.05, 3.63) is 129 Å². The van der Waals surface area contributed by atoms with Gasteiger partial charge >= 0.3 is 5.69 Å². The van der Waals surface area contributed by atoms with Gasteiger partial charge in [0.1, 0.15) is 29.3 Å². The molecule has 3 aromatic carbocycles. The first-order chi connectivity index (χ1) is 22.7. The van der Waals surface area contributed by atoms with E-state index in [9.17, 15) is 9.59 Å². The van der Waals surface area contributed by atoms with Gasteiger partial charge in [-0.25, -0.2) is 9.18 Å². The lowest BCUT2D eigenvalue weighted by Crippen LogP contribution is -2.51. The van der Waals surface area contributed by atoms with Gasteiger partial charge in [0.15, 0.2) is 20.7 Å². The fraction of sp³-hybridized carbons (Fsp3) is 0.405. The number of alkyl halides is 1. The zero-order chi connectivity index (χ0) is 34.9. The summed E-state index contributed by atoms with van der Waals surface area (Å²) < 4.78 is 49.2. The lowest BCUT2D eigenvalue weighted by atomic mass is 9.79. The predicted molar refractivity (Wildman–Crippen MR) is 185 cm³/mol. The number of hydrogen-bond donors (Lipinski definition) is 1. The average molecular weight is 677 g/mol. The van der Waals surface area contributed by atoms with Gasteiger partial charge in [0, 0.05) is 12.3 Å². The minimum atomic E-state index is -2.57. The predicted octanol–water partition coefficient (Wildman–Crippen LogP) is 6.58. The molecule has 0 amide bonds. The molecule has 1 aliphatic heterocycles. The van der Waals surface area contributed by atoms with E-state index in [1.54, 1.807) is 14.2 Å². The van der Waals surface area contributed by atoms with Gasteiger partial charge in [-0.2, -0.15) is 0 Å². The molecule has 1 unspecified atom stereocenters. The maximum absolute atomic E-state index is 16.8. The molecule has 5 atom stereocenters. The minimum absolute atomic E-state index is 0.242. The molecular formula is C37H45FN2O7Si. The van der Waals surface area contributed by atoms with Gasteiger partial charge in [-0.1, -0.05) is 75.4 Å². The van der Waals surface area contributed by atoms with Crippen LogP contribution >= 0.6 is 0 Å². The van der Waals surface area contributed by atoms with E-state index in [4.69, 9.17) is 23.4 Å². The molecular weight excluding hydrogens is 631 g/mol. The molecule has 2 heterocycles. The number of aromatic amines is 1. The van der Waals surface area contributed by atoms with E-state index in [-0.39, 0.29) is 5.04 Å². The summed E-state index contributed by atoms with van der Waals surface area (Å²) in [6.07, 6.45) is -4.66. The molecule has 1 fully saturated rings. The van der Waals surface area contributed by atoms with Gasteiger partial charge in [0.05, 0.1) is 20.3 Å². The summed E-state index contributed by atoms with van der Waals surface area (Å²) in [5.41, 5.74) is -0.127. The zero-order valence-corrected chi connectivity index (χ0v) is 29.7. The Morgan fingerprint density at radius 2 is 1.35 bits per heavy atom. The third kappa shape index (κ3) is 6.77. The summed E-state index contributed by atoms with van der Waals surface area (Å²) in [5, 5.41) is -0.242. The van der Waals surface area contributed by atoms with Crippen molar-refractivity contribution in [2.24, 2.45) is 0 Å². The normalized spacial score (nSPS) is 20.8. The summed E-state index contributed by atoms with van der Waals surface area (Å²) in [5.74, 6) is 1.36. The number of aromatic nitrogens is 2. The lowest BCUT2D eigenvalue weighted by Gasteiger charge is -2.42. The molecule has 48 heavy (non-hydrogen) atoms. The van der Waals surface area contributed by atoms with Crippen LogP contribution < -0.4 is 20.7 Å². The molecule has 1 aliphatic rings. The summed E-state index contributed by atoms with van der Waals surface area (Å²) >= 11 is 0. The maximum Gasteiger partial charge on any atom is 0.330 e. The van der Waals surface area contributed by atoms with E-state index in [0.29, 0.717) is 11.5 Å². The third-order valence-corrected chi connectivity index (χ3v) is 14.0. The first kappa shape index (κ1) is 35.3. The van der Waals surface area contributed by atoms with Crippen LogP contribution in [0.4, 0.5) is 4.39 Å². The second kappa shape index (κ2) is 13.8. The lowest BCUT2D eigenvalue weighted by molar-refractivity contribution is -0.136. The Morgan fingerprint density at radius 3 is 1.83 bits per heavy atom. The van der Waals surface area contributed by atoms with Crippen molar-refractivity contribution in [2.45, 2.75) is 82.1 Å². The fourth-order valence-corrected chi connectivity index (χ4v) is 7.20. The van der Waals surface area contributed by atoms with E-state index in [1.165, 1.54) is 12.3 Å². The molecule has 11 heteroatoms. The molecule has 1 aromatic heterocycles. The van der Waals surface area contributed by atoms with Crippen LogP contribution in [-0.2, 0) is 19.5 Å². The second-order valence-electron chi connectivity index (χ2n) is 13.6. The monoisotopic (exact) mass is 676 g/mol. The van der Waals surface area contributed by atoms with Crippen LogP contribution in [-0.4, -0.2) is 56.6 Å². The molecule has 256 valence electrons. The molecule has 0 bridgehead atoms. The first-order valence-corrected chi connectivity index (χ1v) is 18.9. The van der Waals surface area contributed by atoms with Crippen molar-refractivity contribution in [2.75, 3.05) is 14.2 Å². The van der Waals surface area contributed by atoms with Crippen molar-refractivity contribution in [3.63, 3.8) is 0 Å². The topological polar surface area (TPSA) is 101 Å². The Hall–Kier alpha value is -4.03. The average Bonchev–Trinajstić information content (AvgIpc) is 3.38. The van der Waals surface area contributed by atoms with Crippen molar-refractivity contribution in [1.82, 2.24) is 9.55 Å². The maximum atomic E-state index is 16.8. The number of nitrogens with zero attached hydrogens (tertiary/aromatic N) is 1. The highest BCUT2D eigenvalue weighted by Crippen LogP contribution is 2.47. The molecule has 1 saturated heterocycles. The fourth-order valence-electron chi connectivity index (χ4n) is 5.90. The van der Waals surface area contributed by atoms with Gasteiger partial charge < -0.3 is 23.4 Å². The quantitative estimate of drug-likeness (QED) is 0.142. The Labute approximate surface area is 281 Å². The van der Waals surface area contributed by atoms with Crippen LogP contribution in [0.3, 0.4) is 0 Å². The number of hydrogen-bond acceptors (Lipinski definition) is 7. The number of methoxy groups -OCH3 is 2. The molecule has 0 saturated carbocycles. The molecule has 1 N–H and O–H groups in total. The second-order valence-corrected chi connectivity index (χ2v) is 18.4. The number of ether oxygens (including phenoxy) is 4. The molecule has 0 aliphatic carbocycles. The molecule has 0 spiro atoms. The van der Waals surface area contributed by atoms with E-state index < -0.39 is 55.9 Å². The molecule has 4 aromatic rings. The standard InChI is InChI=1S/C37H45FN2O7Si/c1-24(32-33(47-48(7,8)36(2,3)4)31(38)34(45-32)40-23-22-30(41)39-35(40)42)46-37(25-12-10-9-11-13-25,26-14-18-28(43-5)19-15-26)27-16-20-29(44-6)21-17-27/h9-24,31-34H,1-8H3,(H,39,41,42)/t24-,31+,32?,33+,34+/m0/s1. The SMILES string of the molecule is COc1ccc(C(O[C@@H](C)C2O[C@@H](n3ccc(=O)[nH]c3=O)[C@H](F)[C@H]2O[Si](C)(C)C(C)(C)C)(c2ccccc2)c2ccc(OC)cc2)cc1. The Balaban J connectivity index is 1.66. The van der Waals surface area contributed by atoms with E-state index >= 15 is 4.39 Å². The Kier molecular flexibility index (Phi) is 10.2. The molecule has 9 nitrogen and oxygen atoms in total. The van der Waals surface area contributed by atoms with E-state index in [1.807, 2.05) is 98.9 Å². The van der Waals surface area contributed by atoms with Gasteiger partial charge in [-0.3, -0.25) is 14.3 Å².